The molecule has 4 rings (SSSR count). The van der Waals surface area contributed by atoms with Crippen molar-refractivity contribution in [3.05, 3.63) is 88.0 Å². The highest BCUT2D eigenvalue weighted by Gasteiger charge is 2.24. The third-order valence-electron chi connectivity index (χ3n) is 6.26. The van der Waals surface area contributed by atoms with Crippen molar-refractivity contribution in [2.75, 3.05) is 51.3 Å². The van der Waals surface area contributed by atoms with Crippen LogP contribution in [0.5, 0.6) is 0 Å². The van der Waals surface area contributed by atoms with Crippen molar-refractivity contribution < 1.29 is 23.1 Å². The largest absolute Gasteiger partial charge is 0.464 e. The number of carbonyl (C=O) groups is 2. The summed E-state index contributed by atoms with van der Waals surface area (Å²) in [6.07, 6.45) is 0. The van der Waals surface area contributed by atoms with E-state index in [2.05, 4.69) is 26.1 Å². The molecule has 10 heteroatoms. The molecule has 3 amide bonds. The number of hydrogen-bond donors (Lipinski definition) is 1. The lowest BCUT2D eigenvalue weighted by Gasteiger charge is -2.31. The molecule has 1 aromatic heterocycles. The molecule has 2 heterocycles. The van der Waals surface area contributed by atoms with Crippen molar-refractivity contribution in [2.24, 2.45) is 0 Å². The summed E-state index contributed by atoms with van der Waals surface area (Å²) in [7, 11) is 0. The Morgan fingerprint density at radius 2 is 1.79 bits per heavy atom. The molecule has 1 aliphatic rings. The number of anilines is 1. The predicted molar refractivity (Wildman–Crippen MR) is 146 cm³/mol. The van der Waals surface area contributed by atoms with Crippen LogP contribution in [0.1, 0.15) is 17.1 Å². The van der Waals surface area contributed by atoms with E-state index >= 15 is 0 Å². The van der Waals surface area contributed by atoms with Gasteiger partial charge in [-0.25, -0.2) is 9.18 Å². The van der Waals surface area contributed by atoms with Gasteiger partial charge >= 0.3 is 6.03 Å². The lowest BCUT2D eigenvalue weighted by molar-refractivity contribution is -0.133. The molecule has 0 aliphatic carbocycles. The van der Waals surface area contributed by atoms with Crippen molar-refractivity contribution in [3.63, 3.8) is 0 Å². The summed E-state index contributed by atoms with van der Waals surface area (Å²) >= 11 is 3.42. The Hall–Kier alpha value is -3.21. The van der Waals surface area contributed by atoms with Crippen LogP contribution in [-0.2, 0) is 22.6 Å². The Bertz CT molecular complexity index is 1210. The van der Waals surface area contributed by atoms with Gasteiger partial charge in [-0.1, -0.05) is 34.1 Å². The van der Waals surface area contributed by atoms with E-state index in [1.807, 2.05) is 31.2 Å². The van der Waals surface area contributed by atoms with Crippen LogP contribution in [0.25, 0.3) is 0 Å². The molecule has 0 unspecified atom stereocenters. The minimum Gasteiger partial charge on any atom is -0.464 e. The number of nitrogens with one attached hydrogen (secondary N) is 1. The first-order valence-electron chi connectivity index (χ1n) is 12.5. The van der Waals surface area contributed by atoms with E-state index in [4.69, 9.17) is 9.15 Å². The third kappa shape index (κ3) is 8.41. The summed E-state index contributed by atoms with van der Waals surface area (Å²) in [5.41, 5.74) is 1.41. The highest BCUT2D eigenvalue weighted by atomic mass is 79.9. The average molecular weight is 587 g/mol. The maximum atomic E-state index is 13.6. The molecule has 3 aromatic rings. The fourth-order valence-corrected chi connectivity index (χ4v) is 4.57. The average Bonchev–Trinajstić information content (AvgIpc) is 3.32. The summed E-state index contributed by atoms with van der Waals surface area (Å²) in [6, 6.07) is 16.7. The van der Waals surface area contributed by atoms with Crippen molar-refractivity contribution in [1.29, 1.82) is 0 Å². The molecule has 202 valence electrons. The third-order valence-corrected chi connectivity index (χ3v) is 6.75. The zero-order valence-electron chi connectivity index (χ0n) is 21.4. The Morgan fingerprint density at radius 1 is 1.03 bits per heavy atom. The van der Waals surface area contributed by atoms with Gasteiger partial charge in [-0.3, -0.25) is 9.69 Å². The van der Waals surface area contributed by atoms with Crippen LogP contribution in [-0.4, -0.2) is 72.6 Å². The molecule has 1 N–H and O–H groups in total. The smallest absolute Gasteiger partial charge is 0.322 e. The topological polar surface area (TPSA) is 78.3 Å². The fourth-order valence-electron chi connectivity index (χ4n) is 4.17. The molecule has 38 heavy (non-hydrogen) atoms. The monoisotopic (exact) mass is 586 g/mol. The van der Waals surface area contributed by atoms with Crippen LogP contribution in [0.15, 0.2) is 69.6 Å². The van der Waals surface area contributed by atoms with Crippen LogP contribution in [0.2, 0.25) is 0 Å². The second-order valence-electron chi connectivity index (χ2n) is 9.20. The Balaban J connectivity index is 1.50. The molecular formula is C28H32BrFN4O4. The highest BCUT2D eigenvalue weighted by Crippen LogP contribution is 2.17. The minimum absolute atomic E-state index is 0.120. The van der Waals surface area contributed by atoms with Crippen LogP contribution >= 0.6 is 15.9 Å². The van der Waals surface area contributed by atoms with E-state index in [9.17, 15) is 14.0 Å². The summed E-state index contributed by atoms with van der Waals surface area (Å²) in [5.74, 6) is 0.799. The molecule has 0 spiro atoms. The van der Waals surface area contributed by atoms with E-state index in [1.165, 1.54) is 17.0 Å². The molecule has 1 fully saturated rings. The number of urea groups is 1. The number of halogens is 2. The molecule has 1 aliphatic heterocycles. The Labute approximate surface area is 230 Å². The van der Waals surface area contributed by atoms with Gasteiger partial charge in [0.15, 0.2) is 0 Å². The van der Waals surface area contributed by atoms with E-state index < -0.39 is 0 Å². The first-order valence-corrected chi connectivity index (χ1v) is 13.3. The van der Waals surface area contributed by atoms with Gasteiger partial charge in [0, 0.05) is 42.9 Å². The van der Waals surface area contributed by atoms with Gasteiger partial charge in [-0.05, 0) is 55.0 Å². The summed E-state index contributed by atoms with van der Waals surface area (Å²) < 4.78 is 25.5. The van der Waals surface area contributed by atoms with Crippen molar-refractivity contribution >= 4 is 33.6 Å². The second kappa shape index (κ2) is 13.5. The number of morpholine rings is 1. The number of ether oxygens (including phenoxy) is 1. The number of benzene rings is 2. The van der Waals surface area contributed by atoms with Crippen molar-refractivity contribution in [2.45, 2.75) is 20.0 Å². The second-order valence-corrected chi connectivity index (χ2v) is 10.1. The van der Waals surface area contributed by atoms with Gasteiger partial charge in [-0.2, -0.15) is 0 Å². The van der Waals surface area contributed by atoms with Gasteiger partial charge in [0.25, 0.3) is 0 Å². The lowest BCUT2D eigenvalue weighted by Crippen LogP contribution is -2.48. The number of nitrogens with zero attached hydrogens (tertiary/aromatic N) is 3. The molecule has 1 saturated heterocycles. The van der Waals surface area contributed by atoms with Gasteiger partial charge in [0.2, 0.25) is 5.91 Å². The molecule has 0 bridgehead atoms. The molecule has 2 aromatic carbocycles. The number of rotatable bonds is 10. The highest BCUT2D eigenvalue weighted by molar-refractivity contribution is 9.10. The zero-order valence-corrected chi connectivity index (χ0v) is 23.0. The fraction of sp³-hybridized carbons (Fsp3) is 0.357. The van der Waals surface area contributed by atoms with Crippen molar-refractivity contribution in [3.8, 4) is 0 Å². The summed E-state index contributed by atoms with van der Waals surface area (Å²) in [4.78, 5) is 32.4. The molecule has 8 nitrogen and oxygen atoms in total. The molecule has 0 atom stereocenters. The van der Waals surface area contributed by atoms with Crippen molar-refractivity contribution in [1.82, 2.24) is 14.7 Å². The maximum Gasteiger partial charge on any atom is 0.322 e. The van der Waals surface area contributed by atoms with E-state index in [0.29, 0.717) is 37.8 Å². The number of carbonyl (C=O) groups excluding carboxylic acids is 2. The SMILES string of the molecule is Cc1ccc(CN(Cc2ccc(F)cc2)C(=O)CN(CCN2CCOCC2)C(=O)Nc2cccc(Br)c2)o1. The zero-order chi connectivity index (χ0) is 26.9. The first-order chi connectivity index (χ1) is 18.4. The number of amides is 3. The lowest BCUT2D eigenvalue weighted by atomic mass is 10.2. The number of hydrogen-bond acceptors (Lipinski definition) is 5. The van der Waals surface area contributed by atoms with Crippen LogP contribution in [0.3, 0.4) is 0 Å². The number of aryl methyl sites for hydroxylation is 1. The van der Waals surface area contributed by atoms with E-state index in [1.54, 1.807) is 29.2 Å². The Kier molecular flexibility index (Phi) is 9.91. The van der Waals surface area contributed by atoms with Gasteiger partial charge in [-0.15, -0.1) is 0 Å². The molecular weight excluding hydrogens is 555 g/mol. The predicted octanol–water partition coefficient (Wildman–Crippen LogP) is 4.88. The molecule has 0 saturated carbocycles. The molecule has 0 radical (unpaired) electrons. The summed E-state index contributed by atoms with van der Waals surface area (Å²) in [6.45, 7) is 6.06. The number of furan rings is 1. The standard InChI is InChI=1S/C28H32BrFN4O4/c1-21-5-10-26(38-21)19-34(18-22-6-8-24(30)9-7-22)27(35)20-33(12-11-32-13-15-37-16-14-32)28(36)31-25-4-2-3-23(29)17-25/h2-10,17H,11-16,18-20H2,1H3,(H,31,36). The normalized spacial score (nSPS) is 13.8. The summed E-state index contributed by atoms with van der Waals surface area (Å²) in [5, 5.41) is 2.91. The van der Waals surface area contributed by atoms with E-state index in [-0.39, 0.29) is 37.4 Å². The van der Waals surface area contributed by atoms with Crippen LogP contribution in [0, 0.1) is 12.7 Å². The van der Waals surface area contributed by atoms with E-state index in [0.717, 1.165) is 28.9 Å². The maximum absolute atomic E-state index is 13.6. The van der Waals surface area contributed by atoms with Gasteiger partial charge < -0.3 is 24.3 Å². The van der Waals surface area contributed by atoms with Gasteiger partial charge in [0.1, 0.15) is 23.9 Å². The van der Waals surface area contributed by atoms with Gasteiger partial charge in [0.05, 0.1) is 19.8 Å². The Morgan fingerprint density at radius 3 is 2.47 bits per heavy atom. The van der Waals surface area contributed by atoms with Crippen LogP contribution < -0.4 is 5.32 Å². The van der Waals surface area contributed by atoms with Crippen LogP contribution in [0.4, 0.5) is 14.9 Å². The minimum atomic E-state index is -0.361. The first kappa shape index (κ1) is 27.8. The quantitative estimate of drug-likeness (QED) is 0.366.